The highest BCUT2D eigenvalue weighted by Crippen LogP contribution is 2.15. The van der Waals surface area contributed by atoms with Gasteiger partial charge in [-0.15, -0.1) is 0 Å². The average molecular weight is 244 g/mol. The summed E-state index contributed by atoms with van der Waals surface area (Å²) in [6.07, 6.45) is 3.90. The van der Waals surface area contributed by atoms with Crippen LogP contribution in [-0.2, 0) is 11.3 Å². The molecule has 18 heavy (non-hydrogen) atoms. The fraction of sp³-hybridized carbons (Fsp3) is 0.231. The first-order valence-electron chi connectivity index (χ1n) is 5.89. The number of anilines is 2. The maximum atomic E-state index is 11.3. The third kappa shape index (κ3) is 3.35. The molecule has 5 nitrogen and oxygen atoms in total. The lowest BCUT2D eigenvalue weighted by atomic mass is 10.2. The third-order valence-electron chi connectivity index (χ3n) is 2.51. The number of carbonyl (C=O) groups is 1. The van der Waals surface area contributed by atoms with Gasteiger partial charge < -0.3 is 15.6 Å². The van der Waals surface area contributed by atoms with Crippen molar-refractivity contribution < 1.29 is 4.79 Å². The average Bonchev–Trinajstić information content (AvgIpc) is 2.90. The van der Waals surface area contributed by atoms with Gasteiger partial charge in [-0.3, -0.25) is 4.79 Å². The van der Waals surface area contributed by atoms with Crippen molar-refractivity contribution in [3.63, 3.8) is 0 Å². The summed E-state index contributed by atoms with van der Waals surface area (Å²) in [7, 11) is 0. The Bertz CT molecular complexity index is 507. The lowest BCUT2D eigenvalue weighted by Gasteiger charge is -2.08. The highest BCUT2D eigenvalue weighted by Gasteiger charge is 2.00. The quantitative estimate of drug-likeness (QED) is 0.756. The second kappa shape index (κ2) is 5.86. The first-order chi connectivity index (χ1) is 8.78. The van der Waals surface area contributed by atoms with Gasteiger partial charge >= 0.3 is 0 Å². The molecule has 2 rings (SSSR count). The molecule has 0 aliphatic carbocycles. The molecule has 3 N–H and O–H groups in total. The van der Waals surface area contributed by atoms with Crippen molar-refractivity contribution in [3.05, 3.63) is 42.5 Å². The topological polar surface area (TPSA) is 69.8 Å². The molecule has 0 aliphatic rings. The van der Waals surface area contributed by atoms with Crippen molar-refractivity contribution in [2.24, 2.45) is 0 Å². The summed E-state index contributed by atoms with van der Waals surface area (Å²) in [6, 6.07) is 7.64. The smallest absolute Gasteiger partial charge is 0.224 e. The predicted molar refractivity (Wildman–Crippen MR) is 71.3 cm³/mol. The highest BCUT2D eigenvalue weighted by atomic mass is 16.1. The second-order valence-corrected chi connectivity index (χ2v) is 3.91. The van der Waals surface area contributed by atoms with E-state index >= 15 is 0 Å². The summed E-state index contributed by atoms with van der Waals surface area (Å²) in [5.41, 5.74) is 2.77. The van der Waals surface area contributed by atoms with Gasteiger partial charge in [0.2, 0.25) is 5.91 Å². The highest BCUT2D eigenvalue weighted by molar-refractivity contribution is 5.90. The van der Waals surface area contributed by atoms with Crippen LogP contribution < -0.4 is 10.6 Å². The summed E-state index contributed by atoms with van der Waals surface area (Å²) in [4.78, 5) is 18.3. The minimum atomic E-state index is 0.0146. The molecule has 0 spiro atoms. The Labute approximate surface area is 106 Å². The SMILES string of the molecule is CCC(=O)Nc1cccc(NCc2cnc[nH]2)c1. The van der Waals surface area contributed by atoms with Gasteiger partial charge in [-0.1, -0.05) is 13.0 Å². The molecule has 1 aromatic carbocycles. The van der Waals surface area contributed by atoms with Crippen LogP contribution >= 0.6 is 0 Å². The number of benzene rings is 1. The van der Waals surface area contributed by atoms with Crippen LogP contribution in [0.1, 0.15) is 19.0 Å². The Morgan fingerprint density at radius 3 is 2.94 bits per heavy atom. The van der Waals surface area contributed by atoms with Gasteiger partial charge in [0.1, 0.15) is 0 Å². The summed E-state index contributed by atoms with van der Waals surface area (Å²) < 4.78 is 0. The van der Waals surface area contributed by atoms with Crippen LogP contribution in [0.2, 0.25) is 0 Å². The van der Waals surface area contributed by atoms with Gasteiger partial charge in [0.25, 0.3) is 0 Å². The minimum Gasteiger partial charge on any atom is -0.379 e. The number of hydrogen-bond acceptors (Lipinski definition) is 3. The lowest BCUT2D eigenvalue weighted by Crippen LogP contribution is -2.09. The normalized spacial score (nSPS) is 10.1. The van der Waals surface area contributed by atoms with Crippen LogP contribution in [0.25, 0.3) is 0 Å². The summed E-state index contributed by atoms with van der Waals surface area (Å²) in [6.45, 7) is 2.50. The fourth-order valence-corrected chi connectivity index (χ4v) is 1.53. The number of imidazole rings is 1. The number of carbonyl (C=O) groups excluding carboxylic acids is 1. The first-order valence-corrected chi connectivity index (χ1v) is 5.89. The Morgan fingerprint density at radius 1 is 1.39 bits per heavy atom. The molecular formula is C13H16N4O. The summed E-state index contributed by atoms with van der Waals surface area (Å²) >= 11 is 0. The molecular weight excluding hydrogens is 228 g/mol. The van der Waals surface area contributed by atoms with Crippen molar-refractivity contribution in [1.82, 2.24) is 9.97 Å². The first kappa shape index (κ1) is 12.2. The number of nitrogens with one attached hydrogen (secondary N) is 3. The van der Waals surface area contributed by atoms with Crippen LogP contribution in [0.5, 0.6) is 0 Å². The van der Waals surface area contributed by atoms with Crippen LogP contribution in [0.4, 0.5) is 11.4 Å². The molecule has 0 radical (unpaired) electrons. The number of aromatic amines is 1. The van der Waals surface area contributed by atoms with E-state index in [1.165, 1.54) is 0 Å². The zero-order valence-corrected chi connectivity index (χ0v) is 10.2. The third-order valence-corrected chi connectivity index (χ3v) is 2.51. The van der Waals surface area contributed by atoms with Crippen LogP contribution in [-0.4, -0.2) is 15.9 Å². The fourth-order valence-electron chi connectivity index (χ4n) is 1.53. The van der Waals surface area contributed by atoms with Gasteiger partial charge in [-0.25, -0.2) is 4.98 Å². The van der Waals surface area contributed by atoms with Crippen LogP contribution in [0.15, 0.2) is 36.8 Å². The molecule has 0 saturated carbocycles. The van der Waals surface area contributed by atoms with Gasteiger partial charge in [0.05, 0.1) is 18.6 Å². The van der Waals surface area contributed by atoms with Crippen LogP contribution in [0, 0.1) is 0 Å². The number of H-pyrrole nitrogens is 1. The molecule has 1 heterocycles. The van der Waals surface area contributed by atoms with Crippen molar-refractivity contribution in [2.45, 2.75) is 19.9 Å². The van der Waals surface area contributed by atoms with Crippen molar-refractivity contribution in [2.75, 3.05) is 10.6 Å². The van der Waals surface area contributed by atoms with E-state index in [-0.39, 0.29) is 5.91 Å². The predicted octanol–water partition coefficient (Wildman–Crippen LogP) is 2.37. The molecule has 0 bridgehead atoms. The number of hydrogen-bond donors (Lipinski definition) is 3. The minimum absolute atomic E-state index is 0.0146. The van der Waals surface area contributed by atoms with Crippen molar-refractivity contribution in [1.29, 1.82) is 0 Å². The molecule has 0 atom stereocenters. The molecule has 1 amide bonds. The maximum Gasteiger partial charge on any atom is 0.224 e. The van der Waals surface area contributed by atoms with E-state index in [4.69, 9.17) is 0 Å². The molecule has 1 aromatic heterocycles. The number of nitrogens with zero attached hydrogens (tertiary/aromatic N) is 1. The molecule has 94 valence electrons. The summed E-state index contributed by atoms with van der Waals surface area (Å²) in [5.74, 6) is 0.0146. The zero-order chi connectivity index (χ0) is 12.8. The van der Waals surface area contributed by atoms with Gasteiger partial charge in [-0.05, 0) is 18.2 Å². The number of amides is 1. The largest absolute Gasteiger partial charge is 0.379 e. The lowest BCUT2D eigenvalue weighted by molar-refractivity contribution is -0.115. The van der Waals surface area contributed by atoms with E-state index in [1.54, 1.807) is 12.5 Å². The Balaban J connectivity index is 1.96. The van der Waals surface area contributed by atoms with Crippen molar-refractivity contribution in [3.8, 4) is 0 Å². The summed E-state index contributed by atoms with van der Waals surface area (Å²) in [5, 5.41) is 6.08. The standard InChI is InChI=1S/C13H16N4O/c1-2-13(18)17-11-5-3-4-10(6-11)15-8-12-7-14-9-16-12/h3-7,9,15H,2,8H2,1H3,(H,14,16)(H,17,18). The van der Waals surface area contributed by atoms with E-state index in [2.05, 4.69) is 20.6 Å². The maximum absolute atomic E-state index is 11.3. The van der Waals surface area contributed by atoms with E-state index in [0.717, 1.165) is 17.1 Å². The molecule has 5 heteroatoms. The molecule has 2 aromatic rings. The van der Waals surface area contributed by atoms with E-state index in [9.17, 15) is 4.79 Å². The van der Waals surface area contributed by atoms with Crippen molar-refractivity contribution >= 4 is 17.3 Å². The van der Waals surface area contributed by atoms with E-state index in [1.807, 2.05) is 31.2 Å². The van der Waals surface area contributed by atoms with Crippen LogP contribution in [0.3, 0.4) is 0 Å². The monoisotopic (exact) mass is 244 g/mol. The van der Waals surface area contributed by atoms with E-state index < -0.39 is 0 Å². The van der Waals surface area contributed by atoms with Gasteiger partial charge in [0.15, 0.2) is 0 Å². The van der Waals surface area contributed by atoms with E-state index in [0.29, 0.717) is 13.0 Å². The molecule has 0 aliphatic heterocycles. The van der Waals surface area contributed by atoms with Gasteiger partial charge in [0, 0.05) is 24.0 Å². The zero-order valence-electron chi connectivity index (χ0n) is 10.2. The Kier molecular flexibility index (Phi) is 3.96. The second-order valence-electron chi connectivity index (χ2n) is 3.91. The Hall–Kier alpha value is -2.30. The number of aromatic nitrogens is 2. The van der Waals surface area contributed by atoms with Gasteiger partial charge in [-0.2, -0.15) is 0 Å². The molecule has 0 fully saturated rings. The Morgan fingerprint density at radius 2 is 2.22 bits per heavy atom. The molecule has 0 unspecified atom stereocenters. The molecule has 0 saturated heterocycles. The number of rotatable bonds is 5.